The molecule has 7 nitrogen and oxygen atoms in total. The Bertz CT molecular complexity index is 1010. The molecule has 0 aliphatic carbocycles. The van der Waals surface area contributed by atoms with Crippen LogP contribution in [0.2, 0.25) is 0 Å². The van der Waals surface area contributed by atoms with Gasteiger partial charge in [0.05, 0.1) is 5.69 Å². The van der Waals surface area contributed by atoms with Crippen LogP contribution in [0, 0.1) is 5.92 Å². The molecule has 2 aliphatic heterocycles. The normalized spacial score (nSPS) is 21.9. The van der Waals surface area contributed by atoms with E-state index in [0.717, 1.165) is 28.6 Å². The van der Waals surface area contributed by atoms with Gasteiger partial charge in [0.25, 0.3) is 5.91 Å². The molecule has 4 amide bonds. The first-order valence-corrected chi connectivity index (χ1v) is 10.8. The summed E-state index contributed by atoms with van der Waals surface area (Å²) in [6.45, 7) is 8.75. The Balaban J connectivity index is 1.77. The number of carbonyl (C=O) groups is 3. The van der Waals surface area contributed by atoms with Crippen LogP contribution in [0.15, 0.2) is 24.3 Å². The first kappa shape index (κ1) is 20.4. The van der Waals surface area contributed by atoms with Gasteiger partial charge in [-0.25, -0.2) is 9.69 Å². The first-order chi connectivity index (χ1) is 14.3. The number of imide groups is 1. The molecule has 4 rings (SSSR count). The molecule has 0 unspecified atom stereocenters. The Morgan fingerprint density at radius 2 is 2.00 bits per heavy atom. The summed E-state index contributed by atoms with van der Waals surface area (Å²) >= 11 is 0. The third-order valence-electron chi connectivity index (χ3n) is 6.36. The van der Waals surface area contributed by atoms with Gasteiger partial charge in [-0.1, -0.05) is 39.0 Å². The number of para-hydroxylation sites is 1. The summed E-state index contributed by atoms with van der Waals surface area (Å²) in [5.74, 6) is -0.415. The summed E-state index contributed by atoms with van der Waals surface area (Å²) in [7, 11) is 0. The van der Waals surface area contributed by atoms with E-state index in [2.05, 4.69) is 10.3 Å². The van der Waals surface area contributed by atoms with E-state index in [1.54, 1.807) is 11.8 Å². The maximum atomic E-state index is 13.8. The highest BCUT2D eigenvalue weighted by molar-refractivity contribution is 6.11. The Kier molecular flexibility index (Phi) is 5.08. The number of nitrogens with one attached hydrogen (secondary N) is 2. The van der Waals surface area contributed by atoms with Gasteiger partial charge < -0.3 is 15.2 Å². The average molecular weight is 411 g/mol. The maximum absolute atomic E-state index is 13.8. The van der Waals surface area contributed by atoms with Crippen LogP contribution in [0.3, 0.4) is 0 Å². The number of benzene rings is 1. The van der Waals surface area contributed by atoms with Gasteiger partial charge in [0, 0.05) is 24.0 Å². The van der Waals surface area contributed by atoms with Gasteiger partial charge in [0.2, 0.25) is 5.91 Å². The number of hydrogen-bond donors (Lipinski definition) is 2. The number of amides is 4. The van der Waals surface area contributed by atoms with Crippen molar-refractivity contribution in [1.29, 1.82) is 0 Å². The lowest BCUT2D eigenvalue weighted by molar-refractivity contribution is -0.140. The zero-order valence-corrected chi connectivity index (χ0v) is 18.1. The second-order valence-electron chi connectivity index (χ2n) is 8.89. The summed E-state index contributed by atoms with van der Waals surface area (Å²) in [4.78, 5) is 46.4. The van der Waals surface area contributed by atoms with Gasteiger partial charge in [0.15, 0.2) is 5.54 Å². The summed E-state index contributed by atoms with van der Waals surface area (Å²) in [6, 6.07) is 6.80. The van der Waals surface area contributed by atoms with Gasteiger partial charge in [0.1, 0.15) is 6.04 Å². The lowest BCUT2D eigenvalue weighted by atomic mass is 9.87. The number of fused-ring (bicyclic) bond motifs is 5. The number of carbonyl (C=O) groups excluding carboxylic acids is 3. The highest BCUT2D eigenvalue weighted by Crippen LogP contribution is 2.44. The summed E-state index contributed by atoms with van der Waals surface area (Å²) < 4.78 is 0. The lowest BCUT2D eigenvalue weighted by Crippen LogP contribution is -2.51. The van der Waals surface area contributed by atoms with Crippen molar-refractivity contribution < 1.29 is 14.4 Å². The van der Waals surface area contributed by atoms with Crippen LogP contribution < -0.4 is 5.32 Å². The van der Waals surface area contributed by atoms with E-state index >= 15 is 0 Å². The average Bonchev–Trinajstić information content (AvgIpc) is 3.19. The zero-order valence-electron chi connectivity index (χ0n) is 18.1. The fourth-order valence-corrected chi connectivity index (χ4v) is 4.84. The molecular formula is C23H30N4O3. The molecule has 3 heterocycles. The van der Waals surface area contributed by atoms with Crippen LogP contribution in [-0.4, -0.2) is 51.8 Å². The first-order valence-electron chi connectivity index (χ1n) is 10.8. The quantitative estimate of drug-likeness (QED) is 0.718. The molecule has 1 aromatic heterocycles. The minimum absolute atomic E-state index is 0.164. The summed E-state index contributed by atoms with van der Waals surface area (Å²) in [5.41, 5.74) is 1.70. The second-order valence-corrected chi connectivity index (χ2v) is 8.89. The van der Waals surface area contributed by atoms with Crippen molar-refractivity contribution in [2.75, 3.05) is 13.1 Å². The number of urea groups is 1. The van der Waals surface area contributed by atoms with Gasteiger partial charge in [-0.05, 0) is 43.7 Å². The molecule has 2 atom stereocenters. The molecule has 2 aliphatic rings. The van der Waals surface area contributed by atoms with Crippen LogP contribution in [-0.2, 0) is 21.5 Å². The minimum Gasteiger partial charge on any atom is -0.356 e. The van der Waals surface area contributed by atoms with Gasteiger partial charge in [-0.15, -0.1) is 0 Å². The van der Waals surface area contributed by atoms with Crippen LogP contribution in [0.5, 0.6) is 0 Å². The van der Waals surface area contributed by atoms with E-state index in [9.17, 15) is 14.4 Å². The fourth-order valence-electron chi connectivity index (χ4n) is 4.84. The molecule has 0 saturated carbocycles. The maximum Gasteiger partial charge on any atom is 0.328 e. The van der Waals surface area contributed by atoms with E-state index in [1.807, 2.05) is 45.0 Å². The highest BCUT2D eigenvalue weighted by Gasteiger charge is 2.60. The smallest absolute Gasteiger partial charge is 0.328 e. The topological polar surface area (TPSA) is 85.5 Å². The monoisotopic (exact) mass is 410 g/mol. The second kappa shape index (κ2) is 7.45. The standard InChI is InChI=1S/C23H30N4O3/c1-5-11-24-20(28)18(13-14(2)3)27-21(29)23(4)19-16(10-12-26(23)22(27)30)15-8-6-7-9-17(15)25-19/h6-9,14,18,25H,5,10-13H2,1-4H3,(H,24,28)/t18-,23+/m0/s1. The molecule has 30 heavy (non-hydrogen) atoms. The lowest BCUT2D eigenvalue weighted by Gasteiger charge is -2.36. The Hall–Kier alpha value is -2.83. The van der Waals surface area contributed by atoms with E-state index in [4.69, 9.17) is 0 Å². The molecule has 2 aromatic rings. The number of hydrogen-bond acceptors (Lipinski definition) is 3. The third-order valence-corrected chi connectivity index (χ3v) is 6.36. The van der Waals surface area contributed by atoms with E-state index in [-0.39, 0.29) is 23.8 Å². The number of nitrogens with zero attached hydrogens (tertiary/aromatic N) is 2. The van der Waals surface area contributed by atoms with Crippen molar-refractivity contribution in [1.82, 2.24) is 20.1 Å². The number of aromatic amines is 1. The molecule has 7 heteroatoms. The van der Waals surface area contributed by atoms with E-state index in [1.165, 1.54) is 4.90 Å². The zero-order chi connectivity index (χ0) is 21.6. The molecule has 1 aromatic carbocycles. The summed E-state index contributed by atoms with van der Waals surface area (Å²) in [5, 5.41) is 3.97. The SMILES string of the molecule is CCCNC(=O)[C@H](CC(C)C)N1C(=O)N2CCc3c([nH]c4ccccc34)[C@]2(C)C1=O. The third kappa shape index (κ3) is 2.90. The predicted octanol–water partition coefficient (Wildman–Crippen LogP) is 3.14. The van der Waals surface area contributed by atoms with Crippen molar-refractivity contribution in [3.05, 3.63) is 35.5 Å². The Morgan fingerprint density at radius 1 is 1.27 bits per heavy atom. The van der Waals surface area contributed by atoms with Gasteiger partial charge in [-0.2, -0.15) is 0 Å². The van der Waals surface area contributed by atoms with Crippen molar-refractivity contribution in [3.8, 4) is 0 Å². The predicted molar refractivity (Wildman–Crippen MR) is 115 cm³/mol. The van der Waals surface area contributed by atoms with Crippen LogP contribution in [0.1, 0.15) is 51.8 Å². The van der Waals surface area contributed by atoms with Crippen molar-refractivity contribution in [2.45, 2.75) is 58.5 Å². The highest BCUT2D eigenvalue weighted by atomic mass is 16.2. The minimum atomic E-state index is -1.12. The summed E-state index contributed by atoms with van der Waals surface area (Å²) in [6.07, 6.45) is 1.92. The molecule has 0 radical (unpaired) electrons. The molecule has 2 N–H and O–H groups in total. The molecule has 160 valence electrons. The molecule has 0 bridgehead atoms. The number of aromatic nitrogens is 1. The molecule has 1 saturated heterocycles. The van der Waals surface area contributed by atoms with Crippen molar-refractivity contribution in [2.24, 2.45) is 5.92 Å². The molecule has 0 spiro atoms. The van der Waals surface area contributed by atoms with Crippen molar-refractivity contribution >= 4 is 28.7 Å². The Labute approximate surface area is 176 Å². The van der Waals surface area contributed by atoms with Crippen LogP contribution in [0.25, 0.3) is 10.9 Å². The molecular weight excluding hydrogens is 380 g/mol. The number of H-pyrrole nitrogens is 1. The number of rotatable bonds is 6. The van der Waals surface area contributed by atoms with Gasteiger partial charge in [-0.3, -0.25) is 9.59 Å². The Morgan fingerprint density at radius 3 is 2.70 bits per heavy atom. The van der Waals surface area contributed by atoms with Crippen LogP contribution >= 0.6 is 0 Å². The van der Waals surface area contributed by atoms with Crippen LogP contribution in [0.4, 0.5) is 4.79 Å². The van der Waals surface area contributed by atoms with Crippen molar-refractivity contribution in [3.63, 3.8) is 0 Å². The fraction of sp³-hybridized carbons (Fsp3) is 0.522. The van der Waals surface area contributed by atoms with E-state index in [0.29, 0.717) is 25.9 Å². The van der Waals surface area contributed by atoms with Gasteiger partial charge >= 0.3 is 6.03 Å². The largest absolute Gasteiger partial charge is 0.356 e. The molecule has 1 fully saturated rings. The van der Waals surface area contributed by atoms with E-state index < -0.39 is 11.6 Å².